The van der Waals surface area contributed by atoms with Crippen molar-refractivity contribution in [2.24, 2.45) is 0 Å². The monoisotopic (exact) mass is 319 g/mol. The lowest BCUT2D eigenvalue weighted by molar-refractivity contribution is 0.159. The molecule has 20 heavy (non-hydrogen) atoms. The smallest absolute Gasteiger partial charge is 0.0575 e. The average Bonchev–Trinajstić information content (AvgIpc) is 2.46. The van der Waals surface area contributed by atoms with E-state index in [-0.39, 0.29) is 24.8 Å². The molecular weight excluding hydrogens is 293 g/mol. The first-order chi connectivity index (χ1) is 8.92. The van der Waals surface area contributed by atoms with Crippen molar-refractivity contribution in [2.75, 3.05) is 26.2 Å². The molecule has 5 heteroatoms. The van der Waals surface area contributed by atoms with Crippen LogP contribution in [0.5, 0.6) is 0 Å². The Kier molecular flexibility index (Phi) is 11.1. The highest BCUT2D eigenvalue weighted by molar-refractivity contribution is 5.85. The fraction of sp³-hybridized carbons (Fsp3) is 0.667. The zero-order chi connectivity index (χ0) is 12.6. The molecule has 1 atom stereocenters. The van der Waals surface area contributed by atoms with E-state index in [1.165, 1.54) is 31.4 Å². The maximum atomic E-state index is 4.57. The molecule has 116 valence electrons. The lowest BCUT2D eigenvalue weighted by atomic mass is 10.0. The van der Waals surface area contributed by atoms with Crippen LogP contribution in [0.2, 0.25) is 0 Å². The van der Waals surface area contributed by atoms with Crippen molar-refractivity contribution in [3.05, 3.63) is 30.1 Å². The largest absolute Gasteiger partial charge is 0.314 e. The van der Waals surface area contributed by atoms with Crippen LogP contribution < -0.4 is 5.32 Å². The van der Waals surface area contributed by atoms with Crippen molar-refractivity contribution in [1.82, 2.24) is 15.2 Å². The first-order valence-electron chi connectivity index (χ1n) is 7.27. The maximum Gasteiger partial charge on any atom is 0.0575 e. The summed E-state index contributed by atoms with van der Waals surface area (Å²) in [5.74, 6) is 0. The summed E-state index contributed by atoms with van der Waals surface area (Å²) in [6.45, 7) is 6.77. The molecule has 1 aromatic rings. The van der Waals surface area contributed by atoms with Crippen molar-refractivity contribution < 1.29 is 0 Å². The maximum absolute atomic E-state index is 4.57. The highest BCUT2D eigenvalue weighted by Gasteiger charge is 2.22. The van der Waals surface area contributed by atoms with Gasteiger partial charge in [-0.25, -0.2) is 0 Å². The summed E-state index contributed by atoms with van der Waals surface area (Å²) < 4.78 is 0. The van der Waals surface area contributed by atoms with Gasteiger partial charge in [0.2, 0.25) is 0 Å². The number of halogens is 2. The minimum atomic E-state index is 0. The van der Waals surface area contributed by atoms with E-state index in [1.807, 2.05) is 12.3 Å². The predicted octanol–water partition coefficient (Wildman–Crippen LogP) is 3.45. The van der Waals surface area contributed by atoms with Gasteiger partial charge in [-0.15, -0.1) is 24.8 Å². The number of hydrogen-bond acceptors (Lipinski definition) is 3. The Balaban J connectivity index is 0.00000180. The summed E-state index contributed by atoms with van der Waals surface area (Å²) in [6.07, 6.45) is 7.09. The summed E-state index contributed by atoms with van der Waals surface area (Å²) in [5, 5.41) is 3.43. The number of hydrogen-bond donors (Lipinski definition) is 1. The Morgan fingerprint density at radius 1 is 1.20 bits per heavy atom. The SMILES string of the molecule is CCCCC[C@@H](c1ccccn1)N1CCNCC1.Cl.Cl. The fourth-order valence-corrected chi connectivity index (χ4v) is 2.67. The molecule has 0 aromatic carbocycles. The fourth-order valence-electron chi connectivity index (χ4n) is 2.67. The minimum absolute atomic E-state index is 0. The second-order valence-corrected chi connectivity index (χ2v) is 5.05. The highest BCUT2D eigenvalue weighted by Crippen LogP contribution is 2.25. The van der Waals surface area contributed by atoms with E-state index >= 15 is 0 Å². The minimum Gasteiger partial charge on any atom is -0.314 e. The topological polar surface area (TPSA) is 28.2 Å². The normalized spacial score (nSPS) is 16.9. The van der Waals surface area contributed by atoms with Gasteiger partial charge in [-0.1, -0.05) is 32.3 Å². The first-order valence-corrected chi connectivity index (χ1v) is 7.27. The molecule has 1 aromatic heterocycles. The number of nitrogens with one attached hydrogen (secondary N) is 1. The van der Waals surface area contributed by atoms with Crippen LogP contribution in [-0.2, 0) is 0 Å². The van der Waals surface area contributed by atoms with Crippen molar-refractivity contribution in [1.29, 1.82) is 0 Å². The van der Waals surface area contributed by atoms with E-state index in [1.54, 1.807) is 0 Å². The van der Waals surface area contributed by atoms with Gasteiger partial charge in [0.05, 0.1) is 11.7 Å². The molecule has 0 amide bonds. The number of aromatic nitrogens is 1. The van der Waals surface area contributed by atoms with Crippen LogP contribution in [0.1, 0.15) is 44.3 Å². The van der Waals surface area contributed by atoms with Gasteiger partial charge in [0.1, 0.15) is 0 Å². The summed E-state index contributed by atoms with van der Waals surface area (Å²) in [5.41, 5.74) is 1.25. The Morgan fingerprint density at radius 2 is 1.95 bits per heavy atom. The number of rotatable bonds is 6. The lowest BCUT2D eigenvalue weighted by Gasteiger charge is -2.34. The Labute approximate surface area is 135 Å². The third-order valence-corrected chi connectivity index (χ3v) is 3.70. The van der Waals surface area contributed by atoms with Crippen LogP contribution in [0.25, 0.3) is 0 Å². The van der Waals surface area contributed by atoms with Gasteiger partial charge < -0.3 is 5.32 Å². The summed E-state index contributed by atoms with van der Waals surface area (Å²) in [6, 6.07) is 6.81. The molecule has 2 rings (SSSR count). The molecule has 0 aliphatic carbocycles. The summed E-state index contributed by atoms with van der Waals surface area (Å²) in [4.78, 5) is 7.16. The molecule has 1 fully saturated rings. The van der Waals surface area contributed by atoms with Gasteiger partial charge in [-0.2, -0.15) is 0 Å². The molecule has 2 heterocycles. The van der Waals surface area contributed by atoms with E-state index < -0.39 is 0 Å². The molecule has 0 saturated carbocycles. The van der Waals surface area contributed by atoms with Gasteiger partial charge in [0.25, 0.3) is 0 Å². The molecule has 1 N–H and O–H groups in total. The zero-order valence-corrected chi connectivity index (χ0v) is 13.9. The van der Waals surface area contributed by atoms with Crippen LogP contribution in [0, 0.1) is 0 Å². The molecule has 1 aliphatic heterocycles. The van der Waals surface area contributed by atoms with Gasteiger partial charge >= 0.3 is 0 Å². The number of pyridine rings is 1. The number of piperazine rings is 1. The van der Waals surface area contributed by atoms with Gasteiger partial charge in [-0.05, 0) is 18.6 Å². The van der Waals surface area contributed by atoms with E-state index in [0.717, 1.165) is 26.2 Å². The van der Waals surface area contributed by atoms with Crippen LogP contribution in [0.3, 0.4) is 0 Å². The number of unbranched alkanes of at least 4 members (excludes halogenated alkanes) is 2. The van der Waals surface area contributed by atoms with Crippen LogP contribution >= 0.6 is 24.8 Å². The standard InChI is InChI=1S/C15H25N3.2ClH/c1-2-3-4-8-15(14-7-5-6-9-17-14)18-12-10-16-11-13-18;;/h5-7,9,15-16H,2-4,8,10-13H2,1H3;2*1H/t15-;;/m0../s1. The third kappa shape index (κ3) is 5.96. The van der Waals surface area contributed by atoms with E-state index in [4.69, 9.17) is 0 Å². The molecule has 1 aliphatic rings. The van der Waals surface area contributed by atoms with Gasteiger partial charge in [-0.3, -0.25) is 9.88 Å². The Morgan fingerprint density at radius 3 is 2.55 bits per heavy atom. The second kappa shape index (κ2) is 11.3. The second-order valence-electron chi connectivity index (χ2n) is 5.05. The van der Waals surface area contributed by atoms with E-state index in [2.05, 4.69) is 34.3 Å². The molecule has 0 bridgehead atoms. The molecule has 0 spiro atoms. The van der Waals surface area contributed by atoms with E-state index in [0.29, 0.717) is 6.04 Å². The molecular formula is C15H27Cl2N3. The highest BCUT2D eigenvalue weighted by atomic mass is 35.5. The number of nitrogens with zero attached hydrogens (tertiary/aromatic N) is 2. The average molecular weight is 320 g/mol. The van der Waals surface area contributed by atoms with Crippen LogP contribution in [0.15, 0.2) is 24.4 Å². The first kappa shape index (κ1) is 19.7. The Hall–Kier alpha value is -0.350. The molecule has 3 nitrogen and oxygen atoms in total. The van der Waals surface area contributed by atoms with Gasteiger partial charge in [0.15, 0.2) is 0 Å². The quantitative estimate of drug-likeness (QED) is 0.814. The van der Waals surface area contributed by atoms with Crippen LogP contribution in [0.4, 0.5) is 0 Å². The van der Waals surface area contributed by atoms with Crippen molar-refractivity contribution in [3.8, 4) is 0 Å². The lowest BCUT2D eigenvalue weighted by Crippen LogP contribution is -2.45. The third-order valence-electron chi connectivity index (χ3n) is 3.70. The van der Waals surface area contributed by atoms with Crippen molar-refractivity contribution in [3.63, 3.8) is 0 Å². The summed E-state index contributed by atoms with van der Waals surface area (Å²) in [7, 11) is 0. The van der Waals surface area contributed by atoms with Gasteiger partial charge in [0, 0.05) is 32.4 Å². The summed E-state index contributed by atoms with van der Waals surface area (Å²) >= 11 is 0. The molecule has 0 unspecified atom stereocenters. The predicted molar refractivity (Wildman–Crippen MR) is 90.1 cm³/mol. The van der Waals surface area contributed by atoms with E-state index in [9.17, 15) is 0 Å². The van der Waals surface area contributed by atoms with Crippen molar-refractivity contribution >= 4 is 24.8 Å². The molecule has 0 radical (unpaired) electrons. The van der Waals surface area contributed by atoms with Crippen LogP contribution in [-0.4, -0.2) is 36.1 Å². The molecule has 1 saturated heterocycles. The van der Waals surface area contributed by atoms with Crippen molar-refractivity contribution in [2.45, 2.75) is 38.6 Å². The zero-order valence-electron chi connectivity index (χ0n) is 12.3. The Bertz CT molecular complexity index is 329.